The molecule has 30 heavy (non-hydrogen) atoms. The van der Waals surface area contributed by atoms with Crippen LogP contribution >= 0.6 is 0 Å². The summed E-state index contributed by atoms with van der Waals surface area (Å²) in [7, 11) is -3.57. The Labute approximate surface area is 170 Å². The molecule has 0 N–H and O–H groups in total. The third-order valence-corrected chi connectivity index (χ3v) is 5.34. The topological polar surface area (TPSA) is 108 Å². The van der Waals surface area contributed by atoms with Crippen LogP contribution in [0.1, 0.15) is 12.0 Å². The first-order chi connectivity index (χ1) is 14.3. The molecule has 9 nitrogen and oxygen atoms in total. The predicted octanol–water partition coefficient (Wildman–Crippen LogP) is 2.68. The largest absolute Gasteiger partial charge is 0.488 e. The zero-order chi connectivity index (χ0) is 21.3. The Morgan fingerprint density at radius 3 is 2.87 bits per heavy atom. The van der Waals surface area contributed by atoms with Gasteiger partial charge in [0.1, 0.15) is 23.8 Å². The van der Waals surface area contributed by atoms with Gasteiger partial charge in [-0.05, 0) is 18.2 Å². The molecule has 0 radical (unpaired) electrons. The number of halogens is 2. The van der Waals surface area contributed by atoms with E-state index >= 15 is 0 Å². The Balaban J connectivity index is 1.60. The summed E-state index contributed by atoms with van der Waals surface area (Å²) in [6, 6.07) is 9.54. The zero-order valence-corrected chi connectivity index (χ0v) is 16.4. The van der Waals surface area contributed by atoms with Crippen molar-refractivity contribution in [1.82, 2.24) is 15.1 Å². The number of hydrogen-bond acceptors (Lipinski definition) is 8. The molecule has 0 aliphatic carbocycles. The molecular weight excluding hydrogens is 422 g/mol. The van der Waals surface area contributed by atoms with Gasteiger partial charge in [0.15, 0.2) is 6.10 Å². The molecule has 1 atom stereocenters. The second-order valence-electron chi connectivity index (χ2n) is 6.40. The summed E-state index contributed by atoms with van der Waals surface area (Å²) in [5.41, 5.74) is 0.662. The third kappa shape index (κ3) is 4.17. The molecule has 12 heteroatoms. The predicted molar refractivity (Wildman–Crippen MR) is 101 cm³/mol. The highest BCUT2D eigenvalue weighted by atomic mass is 32.2. The zero-order valence-electron chi connectivity index (χ0n) is 15.6. The van der Waals surface area contributed by atoms with Gasteiger partial charge in [0.25, 0.3) is 12.3 Å². The normalized spacial score (nSPS) is 16.3. The molecule has 3 heterocycles. The molecule has 0 amide bonds. The smallest absolute Gasteiger partial charge is 0.272 e. The Morgan fingerprint density at radius 2 is 2.10 bits per heavy atom. The fourth-order valence-electron chi connectivity index (χ4n) is 2.90. The number of anilines is 1. The summed E-state index contributed by atoms with van der Waals surface area (Å²) < 4.78 is 66.4. The maximum absolute atomic E-state index is 12.3. The molecule has 0 bridgehead atoms. The van der Waals surface area contributed by atoms with E-state index in [-0.39, 0.29) is 29.7 Å². The molecule has 3 aromatic rings. The van der Waals surface area contributed by atoms with Gasteiger partial charge in [-0.2, -0.15) is 4.98 Å². The fourth-order valence-corrected chi connectivity index (χ4v) is 3.81. The summed E-state index contributed by atoms with van der Waals surface area (Å²) in [5.74, 6) is 0.673. The average Bonchev–Trinajstić information content (AvgIpc) is 3.21. The first-order valence-corrected chi connectivity index (χ1v) is 10.6. The second kappa shape index (κ2) is 7.86. The lowest BCUT2D eigenvalue weighted by Crippen LogP contribution is -2.39. The van der Waals surface area contributed by atoms with Crippen molar-refractivity contribution in [1.29, 1.82) is 0 Å². The van der Waals surface area contributed by atoms with Gasteiger partial charge in [-0.1, -0.05) is 17.3 Å². The molecule has 0 spiro atoms. The number of sulfonamides is 1. The van der Waals surface area contributed by atoms with E-state index in [1.807, 2.05) is 0 Å². The molecule has 1 aliphatic rings. The van der Waals surface area contributed by atoms with Crippen LogP contribution < -0.4 is 13.8 Å². The lowest BCUT2D eigenvalue weighted by molar-refractivity contribution is 0.0819. The van der Waals surface area contributed by atoms with Gasteiger partial charge in [-0.25, -0.2) is 17.2 Å². The third-order valence-electron chi connectivity index (χ3n) is 4.19. The minimum absolute atomic E-state index is 0.0499. The standard InChI is InChI=1S/C18H16F2N4O5S/c1-30(25,26)24-9-15(28-14-5-3-2-4-13(14)24)18-22-17(23-29-18)12-8-11(6-7-21-12)27-10-16(19)20/h2-8,15-16H,9-10H2,1H3. The van der Waals surface area contributed by atoms with Crippen LogP contribution in [0, 0.1) is 0 Å². The van der Waals surface area contributed by atoms with Crippen molar-refractivity contribution in [3.05, 3.63) is 48.5 Å². The highest BCUT2D eigenvalue weighted by molar-refractivity contribution is 7.92. The van der Waals surface area contributed by atoms with Crippen LogP contribution in [0.5, 0.6) is 11.5 Å². The van der Waals surface area contributed by atoms with E-state index in [9.17, 15) is 17.2 Å². The summed E-state index contributed by atoms with van der Waals surface area (Å²) in [5, 5.41) is 3.84. The van der Waals surface area contributed by atoms with Crippen LogP contribution in [0.15, 0.2) is 47.1 Å². The Bertz CT molecular complexity index is 1150. The van der Waals surface area contributed by atoms with Crippen LogP contribution in [0.2, 0.25) is 0 Å². The van der Waals surface area contributed by atoms with Gasteiger partial charge in [0, 0.05) is 12.3 Å². The van der Waals surface area contributed by atoms with Crippen LogP contribution in [0.25, 0.3) is 11.5 Å². The number of para-hydroxylation sites is 2. The number of hydrogen-bond donors (Lipinski definition) is 0. The summed E-state index contributed by atoms with van der Waals surface area (Å²) >= 11 is 0. The molecule has 1 unspecified atom stereocenters. The molecule has 4 rings (SSSR count). The SMILES string of the molecule is CS(=O)(=O)N1CC(c2nc(-c3cc(OCC(F)F)ccn3)no2)Oc2ccccc21. The van der Waals surface area contributed by atoms with E-state index in [2.05, 4.69) is 15.1 Å². The second-order valence-corrected chi connectivity index (χ2v) is 8.31. The number of alkyl halides is 2. The molecule has 0 saturated heterocycles. The number of benzene rings is 1. The molecular formula is C18H16F2N4O5S. The molecule has 0 saturated carbocycles. The lowest BCUT2D eigenvalue weighted by Gasteiger charge is -2.32. The highest BCUT2D eigenvalue weighted by Crippen LogP contribution is 2.39. The Morgan fingerprint density at radius 1 is 1.30 bits per heavy atom. The van der Waals surface area contributed by atoms with Crippen LogP contribution in [0.4, 0.5) is 14.5 Å². The number of aromatic nitrogens is 3. The van der Waals surface area contributed by atoms with E-state index in [4.69, 9.17) is 14.0 Å². The van der Waals surface area contributed by atoms with Crippen molar-refractivity contribution in [3.63, 3.8) is 0 Å². The van der Waals surface area contributed by atoms with Crippen molar-refractivity contribution in [2.24, 2.45) is 0 Å². The molecule has 2 aromatic heterocycles. The number of pyridine rings is 1. The minimum atomic E-state index is -3.57. The van der Waals surface area contributed by atoms with E-state index in [1.54, 1.807) is 24.3 Å². The first-order valence-electron chi connectivity index (χ1n) is 8.75. The quantitative estimate of drug-likeness (QED) is 0.578. The number of rotatable bonds is 6. The molecule has 0 fully saturated rings. The van der Waals surface area contributed by atoms with Gasteiger partial charge >= 0.3 is 0 Å². The molecule has 158 valence electrons. The van der Waals surface area contributed by atoms with E-state index in [0.29, 0.717) is 11.4 Å². The number of fused-ring (bicyclic) bond motifs is 1. The first kappa shape index (κ1) is 20.0. The average molecular weight is 438 g/mol. The number of ether oxygens (including phenoxy) is 2. The molecule has 1 aliphatic heterocycles. The van der Waals surface area contributed by atoms with Gasteiger partial charge < -0.3 is 14.0 Å². The van der Waals surface area contributed by atoms with Crippen molar-refractivity contribution >= 4 is 15.7 Å². The van der Waals surface area contributed by atoms with Crippen LogP contribution in [-0.4, -0.2) is 49.4 Å². The van der Waals surface area contributed by atoms with Gasteiger partial charge in [0.2, 0.25) is 15.8 Å². The lowest BCUT2D eigenvalue weighted by atomic mass is 10.2. The maximum atomic E-state index is 12.3. The summed E-state index contributed by atoms with van der Waals surface area (Å²) in [6.07, 6.45) is -0.984. The summed E-state index contributed by atoms with van der Waals surface area (Å²) in [4.78, 5) is 8.33. The molecule has 1 aromatic carbocycles. The van der Waals surface area contributed by atoms with Crippen LogP contribution in [-0.2, 0) is 10.0 Å². The van der Waals surface area contributed by atoms with Crippen molar-refractivity contribution < 1.29 is 31.2 Å². The fraction of sp³-hybridized carbons (Fsp3) is 0.278. The maximum Gasteiger partial charge on any atom is 0.272 e. The van der Waals surface area contributed by atoms with E-state index < -0.39 is 29.2 Å². The van der Waals surface area contributed by atoms with Crippen molar-refractivity contribution in [2.45, 2.75) is 12.5 Å². The monoisotopic (exact) mass is 438 g/mol. The Kier molecular flexibility index (Phi) is 5.24. The Hall–Kier alpha value is -3.28. The minimum Gasteiger partial charge on any atom is -0.488 e. The number of nitrogens with zero attached hydrogens (tertiary/aromatic N) is 4. The van der Waals surface area contributed by atoms with Gasteiger partial charge in [-0.3, -0.25) is 9.29 Å². The van der Waals surface area contributed by atoms with Crippen molar-refractivity contribution in [3.8, 4) is 23.0 Å². The van der Waals surface area contributed by atoms with Crippen LogP contribution in [0.3, 0.4) is 0 Å². The van der Waals surface area contributed by atoms with E-state index in [1.165, 1.54) is 22.6 Å². The summed E-state index contributed by atoms with van der Waals surface area (Å²) in [6.45, 7) is -0.806. The highest BCUT2D eigenvalue weighted by Gasteiger charge is 2.35. The van der Waals surface area contributed by atoms with Gasteiger partial charge in [-0.15, -0.1) is 0 Å². The van der Waals surface area contributed by atoms with Gasteiger partial charge in [0.05, 0.1) is 18.5 Å². The van der Waals surface area contributed by atoms with E-state index in [0.717, 1.165) is 6.26 Å². The van der Waals surface area contributed by atoms with Crippen molar-refractivity contribution in [2.75, 3.05) is 23.7 Å².